The number of ketones is 1. The molecule has 7 rings (SSSR count). The highest BCUT2D eigenvalue weighted by Crippen LogP contribution is 2.33. The van der Waals surface area contributed by atoms with E-state index < -0.39 is 0 Å². The Hall–Kier alpha value is -4.97. The Morgan fingerprint density at radius 1 is 0.909 bits per heavy atom. The van der Waals surface area contributed by atoms with Gasteiger partial charge in [0.25, 0.3) is 5.56 Å². The second-order valence-corrected chi connectivity index (χ2v) is 15.7. The number of pyridine rings is 2. The highest BCUT2D eigenvalue weighted by molar-refractivity contribution is 5.99. The number of benzene rings is 1. The summed E-state index contributed by atoms with van der Waals surface area (Å²) in [5, 5.41) is 6.30. The van der Waals surface area contributed by atoms with Gasteiger partial charge in [0.1, 0.15) is 11.5 Å². The van der Waals surface area contributed by atoms with Gasteiger partial charge >= 0.3 is 0 Å². The first-order valence-corrected chi connectivity index (χ1v) is 20.2. The van der Waals surface area contributed by atoms with Crippen molar-refractivity contribution >= 4 is 46.6 Å². The molecule has 290 valence electrons. The molecule has 1 saturated carbocycles. The molecule has 5 heterocycles. The molecule has 2 saturated heterocycles. The molecule has 12 heteroatoms. The number of amides is 2. The number of nitrogens with one attached hydrogen (secondary N) is 2. The molecule has 2 amide bonds. The average Bonchev–Trinajstić information content (AvgIpc) is 3.73. The smallest absolute Gasteiger partial charge is 0.263 e. The standard InChI is InChI=1S/C43H54N8O4/c1-4-7-36(41(54)46-27-52)32-11-13-33(14-12-32)50-22-18-34(19-23-50)49-20-16-30(17-21-49)24-31-10-15-38(44-25-31)47-43-45-26-37-28(2)39(29(3)53)42(55)51(40(37)48-43)35-8-5-6-9-35/h10-15,25-27,30,34-36H,4-9,16-24H2,1-3H3,(H,46,52,54)(H,44,45,47,48). The third kappa shape index (κ3) is 8.49. The van der Waals surface area contributed by atoms with Crippen LogP contribution < -0.4 is 21.1 Å². The number of hydrogen-bond acceptors (Lipinski definition) is 10. The van der Waals surface area contributed by atoms with E-state index in [9.17, 15) is 19.2 Å². The van der Waals surface area contributed by atoms with E-state index in [1.807, 2.05) is 31.3 Å². The second kappa shape index (κ2) is 17.2. The number of aromatic nitrogens is 4. The van der Waals surface area contributed by atoms with E-state index in [1.165, 1.54) is 31.0 Å². The molecule has 4 aromatic rings. The zero-order valence-electron chi connectivity index (χ0n) is 32.4. The number of likely N-dealkylation sites (tertiary alicyclic amines) is 1. The number of imide groups is 1. The molecule has 0 bridgehead atoms. The van der Waals surface area contributed by atoms with Crippen molar-refractivity contribution < 1.29 is 14.4 Å². The molecule has 3 fully saturated rings. The molecule has 3 aliphatic rings. The fraction of sp³-hybridized carbons (Fsp3) is 0.512. The van der Waals surface area contributed by atoms with Crippen molar-refractivity contribution in [1.82, 2.24) is 29.7 Å². The van der Waals surface area contributed by atoms with Gasteiger partial charge in [-0.3, -0.25) is 29.1 Å². The lowest BCUT2D eigenvalue weighted by atomic mass is 9.89. The number of nitrogens with zero attached hydrogens (tertiary/aromatic N) is 6. The van der Waals surface area contributed by atoms with Crippen molar-refractivity contribution in [2.45, 2.75) is 109 Å². The number of hydrogen-bond donors (Lipinski definition) is 2. The van der Waals surface area contributed by atoms with Gasteiger partial charge in [0, 0.05) is 48.6 Å². The first kappa shape index (κ1) is 38.3. The van der Waals surface area contributed by atoms with Crippen LogP contribution in [0.1, 0.15) is 117 Å². The molecule has 1 atom stereocenters. The summed E-state index contributed by atoms with van der Waals surface area (Å²) in [4.78, 5) is 68.5. The van der Waals surface area contributed by atoms with Crippen molar-refractivity contribution in [3.8, 4) is 0 Å². The Morgan fingerprint density at radius 3 is 2.27 bits per heavy atom. The third-order valence-corrected chi connectivity index (χ3v) is 12.2. The summed E-state index contributed by atoms with van der Waals surface area (Å²) in [6.45, 7) is 9.59. The van der Waals surface area contributed by atoms with Crippen LogP contribution in [0.25, 0.3) is 11.0 Å². The lowest BCUT2D eigenvalue weighted by molar-refractivity contribution is -0.126. The summed E-state index contributed by atoms with van der Waals surface area (Å²) in [5.74, 6) is 0.884. The molecule has 1 aliphatic carbocycles. The minimum absolute atomic E-state index is 0.0299. The van der Waals surface area contributed by atoms with Gasteiger partial charge in [0.05, 0.1) is 11.5 Å². The number of fused-ring (bicyclic) bond motifs is 1. The molecule has 3 aromatic heterocycles. The Balaban J connectivity index is 0.905. The Labute approximate surface area is 323 Å². The van der Waals surface area contributed by atoms with Crippen LogP contribution in [-0.4, -0.2) is 74.7 Å². The maximum atomic E-state index is 13.6. The molecular formula is C43H54N8O4. The number of carbonyl (C=O) groups is 3. The fourth-order valence-electron chi connectivity index (χ4n) is 9.20. The quantitative estimate of drug-likeness (QED) is 0.113. The number of piperidine rings is 2. The summed E-state index contributed by atoms with van der Waals surface area (Å²) in [7, 11) is 0. The lowest BCUT2D eigenvalue weighted by Crippen LogP contribution is -2.48. The average molecular weight is 747 g/mol. The van der Waals surface area contributed by atoms with Crippen LogP contribution in [-0.2, 0) is 16.0 Å². The molecular weight excluding hydrogens is 693 g/mol. The van der Waals surface area contributed by atoms with Crippen LogP contribution in [0.2, 0.25) is 0 Å². The summed E-state index contributed by atoms with van der Waals surface area (Å²) in [5.41, 5.74) is 4.54. The van der Waals surface area contributed by atoms with Crippen molar-refractivity contribution in [2.24, 2.45) is 5.92 Å². The molecule has 2 aliphatic heterocycles. The maximum absolute atomic E-state index is 13.6. The zero-order chi connectivity index (χ0) is 38.5. The largest absolute Gasteiger partial charge is 0.371 e. The fourth-order valence-corrected chi connectivity index (χ4v) is 9.20. The molecule has 0 spiro atoms. The Morgan fingerprint density at radius 2 is 1.64 bits per heavy atom. The summed E-state index contributed by atoms with van der Waals surface area (Å²) in [6.07, 6.45) is 15.3. The first-order valence-electron chi connectivity index (χ1n) is 20.2. The van der Waals surface area contributed by atoms with E-state index in [1.54, 1.807) is 17.7 Å². The van der Waals surface area contributed by atoms with Gasteiger partial charge in [0.2, 0.25) is 18.3 Å². The van der Waals surface area contributed by atoms with Crippen LogP contribution in [0.4, 0.5) is 17.5 Å². The van der Waals surface area contributed by atoms with Crippen LogP contribution in [0.5, 0.6) is 0 Å². The maximum Gasteiger partial charge on any atom is 0.263 e. The SMILES string of the molecule is CCCC(C(=O)NC=O)c1ccc(N2CCC(N3CCC(Cc4ccc(Nc5ncc6c(C)c(C(C)=O)c(=O)n(C7CCCC7)c6n5)nc4)CC3)CC2)cc1. The van der Waals surface area contributed by atoms with E-state index in [0.29, 0.717) is 47.8 Å². The van der Waals surface area contributed by atoms with E-state index in [2.05, 4.69) is 43.6 Å². The molecule has 2 N–H and O–H groups in total. The van der Waals surface area contributed by atoms with Crippen LogP contribution >= 0.6 is 0 Å². The van der Waals surface area contributed by atoms with Crippen molar-refractivity contribution in [1.29, 1.82) is 0 Å². The normalized spacial score (nSPS) is 18.1. The summed E-state index contributed by atoms with van der Waals surface area (Å²) in [6, 6.07) is 13.1. The van der Waals surface area contributed by atoms with Gasteiger partial charge in [0.15, 0.2) is 5.78 Å². The van der Waals surface area contributed by atoms with E-state index >= 15 is 0 Å². The minimum atomic E-state index is -0.304. The molecule has 0 radical (unpaired) electrons. The van der Waals surface area contributed by atoms with Gasteiger partial charge in [-0.25, -0.2) is 9.97 Å². The number of carbonyl (C=O) groups excluding carboxylic acids is 3. The zero-order valence-corrected chi connectivity index (χ0v) is 32.4. The van der Waals surface area contributed by atoms with E-state index in [4.69, 9.17) is 9.97 Å². The minimum Gasteiger partial charge on any atom is -0.371 e. The second-order valence-electron chi connectivity index (χ2n) is 15.7. The van der Waals surface area contributed by atoms with Gasteiger partial charge < -0.3 is 15.1 Å². The van der Waals surface area contributed by atoms with E-state index in [-0.39, 0.29) is 34.8 Å². The van der Waals surface area contributed by atoms with Crippen molar-refractivity contribution in [3.63, 3.8) is 0 Å². The van der Waals surface area contributed by atoms with Crippen molar-refractivity contribution in [2.75, 3.05) is 36.4 Å². The first-order chi connectivity index (χ1) is 26.7. The predicted molar refractivity (Wildman–Crippen MR) is 215 cm³/mol. The Bertz CT molecular complexity index is 2040. The molecule has 1 unspecified atom stereocenters. The molecule has 1 aromatic carbocycles. The third-order valence-electron chi connectivity index (χ3n) is 12.2. The monoisotopic (exact) mass is 746 g/mol. The predicted octanol–water partition coefficient (Wildman–Crippen LogP) is 6.64. The van der Waals surface area contributed by atoms with Crippen LogP contribution in [0.15, 0.2) is 53.6 Å². The Kier molecular flexibility index (Phi) is 12.0. The van der Waals surface area contributed by atoms with Gasteiger partial charge in [-0.15, -0.1) is 0 Å². The molecule has 55 heavy (non-hydrogen) atoms. The highest BCUT2D eigenvalue weighted by Gasteiger charge is 2.29. The molecule has 12 nitrogen and oxygen atoms in total. The topological polar surface area (TPSA) is 142 Å². The lowest BCUT2D eigenvalue weighted by Gasteiger charge is -2.42. The summed E-state index contributed by atoms with van der Waals surface area (Å²) >= 11 is 0. The highest BCUT2D eigenvalue weighted by atomic mass is 16.2. The number of anilines is 3. The number of aryl methyl sites for hydroxylation is 1. The summed E-state index contributed by atoms with van der Waals surface area (Å²) < 4.78 is 1.73. The van der Waals surface area contributed by atoms with E-state index in [0.717, 1.165) is 88.5 Å². The van der Waals surface area contributed by atoms with Crippen LogP contribution in [0.3, 0.4) is 0 Å². The van der Waals surface area contributed by atoms with Gasteiger partial charge in [-0.05, 0) is 119 Å². The number of rotatable bonds is 13. The van der Waals surface area contributed by atoms with Crippen molar-refractivity contribution in [3.05, 3.63) is 81.4 Å². The number of Topliss-reactive ketones (excluding diaryl/α,β-unsaturated/α-hetero) is 1. The van der Waals surface area contributed by atoms with Gasteiger partial charge in [-0.2, -0.15) is 4.98 Å². The van der Waals surface area contributed by atoms with Gasteiger partial charge in [-0.1, -0.05) is 44.4 Å². The van der Waals surface area contributed by atoms with Crippen LogP contribution in [0, 0.1) is 12.8 Å².